The number of nitrogens with one attached hydrogen (secondary N) is 2. The zero-order chi connectivity index (χ0) is 22.4. The highest BCUT2D eigenvalue weighted by atomic mass is 16.5. The number of carbonyl (C=O) groups is 3. The molecule has 0 aromatic heterocycles. The van der Waals surface area contributed by atoms with E-state index in [0.717, 1.165) is 22.3 Å². The number of ether oxygens (including phenoxy) is 1. The summed E-state index contributed by atoms with van der Waals surface area (Å²) in [6.07, 6.45) is 0.364. The first-order valence-electron chi connectivity index (χ1n) is 10.5. The molecule has 31 heavy (non-hydrogen) atoms. The first-order valence-corrected chi connectivity index (χ1v) is 10.5. The fourth-order valence-corrected chi connectivity index (χ4v) is 3.97. The molecule has 0 bridgehead atoms. The molecular weight excluding hydrogens is 396 g/mol. The molecule has 7 heteroatoms. The molecule has 1 unspecified atom stereocenters. The number of rotatable bonds is 9. The van der Waals surface area contributed by atoms with Crippen LogP contribution in [-0.4, -0.2) is 41.8 Å². The average Bonchev–Trinajstić information content (AvgIpc) is 3.05. The van der Waals surface area contributed by atoms with Crippen molar-refractivity contribution in [3.05, 3.63) is 59.7 Å². The van der Waals surface area contributed by atoms with Gasteiger partial charge in [-0.05, 0) is 35.6 Å². The second-order valence-corrected chi connectivity index (χ2v) is 7.82. The fraction of sp³-hybridized carbons (Fsp3) is 0.375. The number of fused-ring (bicyclic) bond motifs is 3. The Morgan fingerprint density at radius 2 is 1.58 bits per heavy atom. The van der Waals surface area contributed by atoms with Crippen LogP contribution in [-0.2, 0) is 14.3 Å². The van der Waals surface area contributed by atoms with E-state index in [1.54, 1.807) is 6.92 Å². The van der Waals surface area contributed by atoms with Crippen molar-refractivity contribution < 1.29 is 24.2 Å². The third kappa shape index (κ3) is 5.42. The van der Waals surface area contributed by atoms with Gasteiger partial charge in [0.2, 0.25) is 5.91 Å². The summed E-state index contributed by atoms with van der Waals surface area (Å²) in [6, 6.07) is 14.7. The van der Waals surface area contributed by atoms with Crippen LogP contribution in [0.4, 0.5) is 4.79 Å². The first-order chi connectivity index (χ1) is 14.9. The first kappa shape index (κ1) is 22.3. The van der Waals surface area contributed by atoms with Crippen molar-refractivity contribution >= 4 is 18.0 Å². The van der Waals surface area contributed by atoms with Crippen LogP contribution in [0.15, 0.2) is 48.5 Å². The fourth-order valence-electron chi connectivity index (χ4n) is 3.97. The van der Waals surface area contributed by atoms with E-state index >= 15 is 0 Å². The minimum atomic E-state index is -1.06. The molecular formula is C24H28N2O5. The number of hydrogen-bond donors (Lipinski definition) is 3. The Morgan fingerprint density at radius 3 is 2.13 bits per heavy atom. The lowest BCUT2D eigenvalue weighted by Gasteiger charge is -2.18. The molecule has 1 aliphatic rings. The summed E-state index contributed by atoms with van der Waals surface area (Å²) in [5.41, 5.74) is 4.55. The van der Waals surface area contributed by atoms with Gasteiger partial charge in [-0.3, -0.25) is 4.79 Å². The van der Waals surface area contributed by atoms with E-state index in [0.29, 0.717) is 12.8 Å². The molecule has 2 aromatic carbocycles. The van der Waals surface area contributed by atoms with E-state index < -0.39 is 30.1 Å². The van der Waals surface area contributed by atoms with Gasteiger partial charge in [-0.1, -0.05) is 61.9 Å². The number of hydrogen-bond acceptors (Lipinski definition) is 4. The Kier molecular flexibility index (Phi) is 7.28. The summed E-state index contributed by atoms with van der Waals surface area (Å²) < 4.78 is 5.47. The van der Waals surface area contributed by atoms with E-state index in [9.17, 15) is 14.4 Å². The van der Waals surface area contributed by atoms with Gasteiger partial charge in [0, 0.05) is 18.4 Å². The van der Waals surface area contributed by atoms with Crippen LogP contribution in [0, 0.1) is 0 Å². The molecule has 0 spiro atoms. The molecule has 2 amide bonds. The van der Waals surface area contributed by atoms with E-state index in [2.05, 4.69) is 22.8 Å². The molecule has 0 fully saturated rings. The summed E-state index contributed by atoms with van der Waals surface area (Å²) in [5.74, 6) is -1.53. The van der Waals surface area contributed by atoms with Gasteiger partial charge in [0.15, 0.2) is 0 Å². The molecule has 7 nitrogen and oxygen atoms in total. The SMILES string of the molecule is CCCC(NC(=O)C[C@H](C)NC(=O)OCC1c2ccccc2-c2ccccc21)C(=O)O. The van der Waals surface area contributed by atoms with E-state index in [1.807, 2.05) is 43.3 Å². The molecule has 0 saturated heterocycles. The van der Waals surface area contributed by atoms with Crippen LogP contribution in [0.1, 0.15) is 50.2 Å². The number of carboxylic acid groups (broad SMARTS) is 1. The second-order valence-electron chi connectivity index (χ2n) is 7.82. The number of alkyl carbamates (subject to hydrolysis) is 1. The minimum absolute atomic E-state index is 0.0301. The number of aliphatic carboxylic acids is 1. The number of carbonyl (C=O) groups excluding carboxylic acids is 2. The smallest absolute Gasteiger partial charge is 0.407 e. The Hall–Kier alpha value is -3.35. The van der Waals surface area contributed by atoms with Gasteiger partial charge in [0.25, 0.3) is 0 Å². The molecule has 0 radical (unpaired) electrons. The summed E-state index contributed by atoms with van der Waals surface area (Å²) in [7, 11) is 0. The van der Waals surface area contributed by atoms with Crippen molar-refractivity contribution in [1.29, 1.82) is 0 Å². The Labute approximate surface area is 181 Å². The van der Waals surface area contributed by atoms with Crippen molar-refractivity contribution in [3.63, 3.8) is 0 Å². The van der Waals surface area contributed by atoms with Crippen molar-refractivity contribution in [1.82, 2.24) is 10.6 Å². The summed E-state index contributed by atoms with van der Waals surface area (Å²) >= 11 is 0. The standard InChI is InChI=1S/C24H28N2O5/c1-3-8-21(23(28)29)26-22(27)13-15(2)25-24(30)31-14-20-18-11-6-4-9-16(18)17-10-5-7-12-19(17)20/h4-7,9-12,15,20-21H,3,8,13-14H2,1-2H3,(H,25,30)(H,26,27)(H,28,29)/t15-,21?/m0/s1. The van der Waals surface area contributed by atoms with Crippen molar-refractivity contribution in [2.75, 3.05) is 6.61 Å². The molecule has 164 valence electrons. The molecule has 2 aromatic rings. The topological polar surface area (TPSA) is 105 Å². The number of carboxylic acids is 1. The number of amides is 2. The van der Waals surface area contributed by atoms with Crippen LogP contribution in [0.3, 0.4) is 0 Å². The highest BCUT2D eigenvalue weighted by Gasteiger charge is 2.29. The van der Waals surface area contributed by atoms with Crippen LogP contribution in [0.5, 0.6) is 0 Å². The highest BCUT2D eigenvalue weighted by molar-refractivity contribution is 5.84. The predicted molar refractivity (Wildman–Crippen MR) is 117 cm³/mol. The van der Waals surface area contributed by atoms with Gasteiger partial charge in [0.1, 0.15) is 12.6 Å². The Balaban J connectivity index is 1.52. The summed E-state index contributed by atoms with van der Waals surface area (Å²) in [4.78, 5) is 35.6. The van der Waals surface area contributed by atoms with Crippen LogP contribution in [0.2, 0.25) is 0 Å². The molecule has 0 saturated carbocycles. The molecule has 0 heterocycles. The van der Waals surface area contributed by atoms with Gasteiger partial charge in [-0.25, -0.2) is 9.59 Å². The molecule has 3 N–H and O–H groups in total. The van der Waals surface area contributed by atoms with Gasteiger partial charge < -0.3 is 20.5 Å². The maximum atomic E-state index is 12.3. The highest BCUT2D eigenvalue weighted by Crippen LogP contribution is 2.44. The summed E-state index contributed by atoms with van der Waals surface area (Å²) in [6.45, 7) is 3.72. The minimum Gasteiger partial charge on any atom is -0.480 e. The zero-order valence-corrected chi connectivity index (χ0v) is 17.8. The lowest BCUT2D eigenvalue weighted by molar-refractivity contribution is -0.142. The maximum Gasteiger partial charge on any atom is 0.407 e. The third-order valence-electron chi connectivity index (χ3n) is 5.41. The lowest BCUT2D eigenvalue weighted by atomic mass is 9.98. The van der Waals surface area contributed by atoms with Gasteiger partial charge in [0.05, 0.1) is 0 Å². The van der Waals surface area contributed by atoms with Crippen molar-refractivity contribution in [2.45, 2.75) is 51.1 Å². The van der Waals surface area contributed by atoms with Crippen molar-refractivity contribution in [2.24, 2.45) is 0 Å². The third-order valence-corrected chi connectivity index (χ3v) is 5.41. The zero-order valence-electron chi connectivity index (χ0n) is 17.8. The average molecular weight is 424 g/mol. The molecule has 0 aliphatic heterocycles. The summed E-state index contributed by atoms with van der Waals surface area (Å²) in [5, 5.41) is 14.3. The quantitative estimate of drug-likeness (QED) is 0.570. The Morgan fingerprint density at radius 1 is 1.00 bits per heavy atom. The van der Waals surface area contributed by atoms with Gasteiger partial charge >= 0.3 is 12.1 Å². The van der Waals surface area contributed by atoms with Crippen molar-refractivity contribution in [3.8, 4) is 11.1 Å². The van der Waals surface area contributed by atoms with Gasteiger partial charge in [-0.15, -0.1) is 0 Å². The lowest BCUT2D eigenvalue weighted by Crippen LogP contribution is -2.44. The molecule has 3 rings (SSSR count). The largest absolute Gasteiger partial charge is 0.480 e. The monoisotopic (exact) mass is 424 g/mol. The normalized spacial score (nSPS) is 14.1. The second kappa shape index (κ2) is 10.1. The van der Waals surface area contributed by atoms with E-state index in [-0.39, 0.29) is 18.9 Å². The predicted octanol–water partition coefficient (Wildman–Crippen LogP) is 3.67. The van der Waals surface area contributed by atoms with E-state index in [4.69, 9.17) is 9.84 Å². The van der Waals surface area contributed by atoms with Gasteiger partial charge in [-0.2, -0.15) is 0 Å². The van der Waals surface area contributed by atoms with Crippen LogP contribution >= 0.6 is 0 Å². The van der Waals surface area contributed by atoms with Crippen LogP contribution in [0.25, 0.3) is 11.1 Å². The molecule has 2 atom stereocenters. The van der Waals surface area contributed by atoms with Crippen LogP contribution < -0.4 is 10.6 Å². The Bertz CT molecular complexity index is 913. The molecule has 1 aliphatic carbocycles. The number of benzene rings is 2. The van der Waals surface area contributed by atoms with E-state index in [1.165, 1.54) is 0 Å². The maximum absolute atomic E-state index is 12.3.